The van der Waals surface area contributed by atoms with Crippen molar-refractivity contribution in [2.45, 2.75) is 44.0 Å². The van der Waals surface area contributed by atoms with Gasteiger partial charge in [0.2, 0.25) is 0 Å². The number of hydrogen-bond donors (Lipinski definition) is 2. The number of aliphatic hydroxyl groups is 1. The lowest BCUT2D eigenvalue weighted by Crippen LogP contribution is -2.35. The van der Waals surface area contributed by atoms with Gasteiger partial charge in [0.05, 0.1) is 24.5 Å². The standard InChI is InChI=1S/C24H26ClN5O2/c1-30(15-20-14-26-10-11-27-20)24(32)17-4-2-16(3-5-17)12-19-7-8-21(29-19)23(31)18-6-9-22(25)28-13-18/h2-6,9-11,13-14,19,21,23,29,31H,7-8,12,15H2,1H3/t19-,21+,23?/m0/s1. The van der Waals surface area contributed by atoms with Gasteiger partial charge in [-0.05, 0) is 43.0 Å². The number of hydrogen-bond acceptors (Lipinski definition) is 6. The first-order valence-electron chi connectivity index (χ1n) is 10.6. The van der Waals surface area contributed by atoms with Crippen LogP contribution >= 0.6 is 11.6 Å². The summed E-state index contributed by atoms with van der Waals surface area (Å²) in [5.74, 6) is -0.0547. The summed E-state index contributed by atoms with van der Waals surface area (Å²) in [4.78, 5) is 26.6. The van der Waals surface area contributed by atoms with Crippen LogP contribution < -0.4 is 5.32 Å². The number of aliphatic hydroxyl groups excluding tert-OH is 1. The van der Waals surface area contributed by atoms with Gasteiger partial charge in [0, 0.05) is 48.8 Å². The molecule has 3 atom stereocenters. The lowest BCUT2D eigenvalue weighted by Gasteiger charge is -2.20. The number of rotatable bonds is 7. The average molecular weight is 452 g/mol. The number of pyridine rings is 1. The lowest BCUT2D eigenvalue weighted by atomic mass is 10.0. The quantitative estimate of drug-likeness (QED) is 0.536. The molecule has 0 saturated carbocycles. The zero-order valence-corrected chi connectivity index (χ0v) is 18.6. The van der Waals surface area contributed by atoms with E-state index >= 15 is 0 Å². The topological polar surface area (TPSA) is 91.2 Å². The van der Waals surface area contributed by atoms with Crippen molar-refractivity contribution in [1.29, 1.82) is 0 Å². The second-order valence-corrected chi connectivity index (χ2v) is 8.55. The second kappa shape index (κ2) is 10.2. The summed E-state index contributed by atoms with van der Waals surface area (Å²) in [7, 11) is 1.76. The summed E-state index contributed by atoms with van der Waals surface area (Å²) in [6.45, 7) is 0.410. The molecular formula is C24H26ClN5O2. The molecule has 4 rings (SSSR count). The molecule has 1 saturated heterocycles. The van der Waals surface area contributed by atoms with Crippen molar-refractivity contribution >= 4 is 17.5 Å². The van der Waals surface area contributed by atoms with E-state index in [2.05, 4.69) is 20.3 Å². The summed E-state index contributed by atoms with van der Waals surface area (Å²) in [5.41, 5.74) is 3.31. The Morgan fingerprint density at radius 3 is 2.66 bits per heavy atom. The largest absolute Gasteiger partial charge is 0.387 e. The number of nitrogens with one attached hydrogen (secondary N) is 1. The highest BCUT2D eigenvalue weighted by Crippen LogP contribution is 2.27. The fourth-order valence-corrected chi connectivity index (χ4v) is 4.18. The monoisotopic (exact) mass is 451 g/mol. The molecule has 0 aliphatic carbocycles. The van der Waals surface area contributed by atoms with Crippen molar-refractivity contribution < 1.29 is 9.90 Å². The molecule has 8 heteroatoms. The van der Waals surface area contributed by atoms with E-state index in [0.29, 0.717) is 17.3 Å². The minimum Gasteiger partial charge on any atom is -0.387 e. The fraction of sp³-hybridized carbons (Fsp3) is 0.333. The third kappa shape index (κ3) is 5.48. The van der Waals surface area contributed by atoms with Crippen LogP contribution in [0.4, 0.5) is 0 Å². The summed E-state index contributed by atoms with van der Waals surface area (Å²) >= 11 is 5.84. The van der Waals surface area contributed by atoms with E-state index in [-0.39, 0.29) is 18.0 Å². The van der Waals surface area contributed by atoms with Crippen LogP contribution in [0, 0.1) is 0 Å². The summed E-state index contributed by atoms with van der Waals surface area (Å²) in [5, 5.41) is 14.6. The minimum absolute atomic E-state index is 0.0152. The van der Waals surface area contributed by atoms with Crippen molar-refractivity contribution in [3.63, 3.8) is 0 Å². The molecule has 1 fully saturated rings. The molecule has 3 aromatic rings. The maximum Gasteiger partial charge on any atom is 0.253 e. The molecule has 1 amide bonds. The summed E-state index contributed by atoms with van der Waals surface area (Å²) in [6.07, 6.45) is 8.61. The van der Waals surface area contributed by atoms with E-state index in [0.717, 1.165) is 36.1 Å². The summed E-state index contributed by atoms with van der Waals surface area (Å²) in [6, 6.07) is 11.5. The van der Waals surface area contributed by atoms with E-state index in [1.807, 2.05) is 30.3 Å². The molecule has 2 aromatic heterocycles. The van der Waals surface area contributed by atoms with E-state index in [1.54, 1.807) is 42.8 Å². The molecule has 1 aliphatic heterocycles. The van der Waals surface area contributed by atoms with Crippen molar-refractivity contribution in [3.05, 3.63) is 88.7 Å². The van der Waals surface area contributed by atoms with Crippen LogP contribution in [0.15, 0.2) is 61.2 Å². The second-order valence-electron chi connectivity index (χ2n) is 8.17. The molecule has 1 unspecified atom stereocenters. The Kier molecular flexibility index (Phi) is 7.09. The van der Waals surface area contributed by atoms with Crippen LogP contribution in [0.5, 0.6) is 0 Å². The molecule has 7 nitrogen and oxygen atoms in total. The highest BCUT2D eigenvalue weighted by molar-refractivity contribution is 6.29. The van der Waals surface area contributed by atoms with E-state index in [9.17, 15) is 9.90 Å². The Morgan fingerprint density at radius 2 is 1.97 bits per heavy atom. The van der Waals surface area contributed by atoms with Gasteiger partial charge < -0.3 is 15.3 Å². The van der Waals surface area contributed by atoms with E-state index in [1.165, 1.54) is 0 Å². The van der Waals surface area contributed by atoms with Crippen molar-refractivity contribution in [2.75, 3.05) is 7.05 Å². The number of amides is 1. The molecule has 2 N–H and O–H groups in total. The highest BCUT2D eigenvalue weighted by atomic mass is 35.5. The first kappa shape index (κ1) is 22.3. The molecule has 3 heterocycles. The Bertz CT molecular complexity index is 1030. The van der Waals surface area contributed by atoms with Gasteiger partial charge in [-0.3, -0.25) is 14.8 Å². The van der Waals surface area contributed by atoms with Crippen LogP contribution in [0.2, 0.25) is 5.15 Å². The van der Waals surface area contributed by atoms with Crippen molar-refractivity contribution in [3.8, 4) is 0 Å². The van der Waals surface area contributed by atoms with Gasteiger partial charge in [0.1, 0.15) is 5.15 Å². The minimum atomic E-state index is -0.616. The predicted octanol–water partition coefficient (Wildman–Crippen LogP) is 3.19. The lowest BCUT2D eigenvalue weighted by molar-refractivity contribution is 0.0783. The molecule has 0 bridgehead atoms. The molecule has 1 aliphatic rings. The third-order valence-electron chi connectivity index (χ3n) is 5.79. The number of benzene rings is 1. The normalized spacial score (nSPS) is 19.0. The fourth-order valence-electron chi connectivity index (χ4n) is 4.07. The van der Waals surface area contributed by atoms with Crippen LogP contribution in [0.1, 0.15) is 46.1 Å². The maximum atomic E-state index is 12.7. The molecule has 32 heavy (non-hydrogen) atoms. The molecule has 166 valence electrons. The predicted molar refractivity (Wildman–Crippen MR) is 122 cm³/mol. The zero-order chi connectivity index (χ0) is 22.5. The van der Waals surface area contributed by atoms with E-state index in [4.69, 9.17) is 11.6 Å². The van der Waals surface area contributed by atoms with Crippen molar-refractivity contribution in [2.24, 2.45) is 0 Å². The van der Waals surface area contributed by atoms with Crippen LogP contribution in [-0.4, -0.2) is 50.0 Å². The zero-order valence-electron chi connectivity index (χ0n) is 17.9. The Labute approximate surface area is 192 Å². The van der Waals surface area contributed by atoms with Gasteiger partial charge in [0.25, 0.3) is 5.91 Å². The van der Waals surface area contributed by atoms with E-state index < -0.39 is 6.10 Å². The van der Waals surface area contributed by atoms with Gasteiger partial charge in [-0.25, -0.2) is 4.98 Å². The molecule has 1 aromatic carbocycles. The average Bonchev–Trinajstić information content (AvgIpc) is 3.28. The number of carbonyl (C=O) groups is 1. The number of aromatic nitrogens is 3. The third-order valence-corrected chi connectivity index (χ3v) is 6.02. The number of nitrogens with zero attached hydrogens (tertiary/aromatic N) is 4. The SMILES string of the molecule is CN(Cc1cnccn1)C(=O)c1ccc(C[C@@H]2CC[C@H](C(O)c3ccc(Cl)nc3)N2)cc1. The Morgan fingerprint density at radius 1 is 1.16 bits per heavy atom. The first-order chi connectivity index (χ1) is 15.5. The first-order valence-corrected chi connectivity index (χ1v) is 11.0. The van der Waals surface area contributed by atoms with Crippen LogP contribution in [0.25, 0.3) is 0 Å². The van der Waals surface area contributed by atoms with Gasteiger partial charge >= 0.3 is 0 Å². The van der Waals surface area contributed by atoms with Crippen LogP contribution in [-0.2, 0) is 13.0 Å². The highest BCUT2D eigenvalue weighted by Gasteiger charge is 2.30. The van der Waals surface area contributed by atoms with Gasteiger partial charge in [-0.1, -0.05) is 29.8 Å². The Hall–Kier alpha value is -2.87. The van der Waals surface area contributed by atoms with Gasteiger partial charge in [-0.2, -0.15) is 0 Å². The number of carbonyl (C=O) groups excluding carboxylic acids is 1. The smallest absolute Gasteiger partial charge is 0.253 e. The van der Waals surface area contributed by atoms with Gasteiger partial charge in [0.15, 0.2) is 0 Å². The molecule has 0 spiro atoms. The van der Waals surface area contributed by atoms with Crippen LogP contribution in [0.3, 0.4) is 0 Å². The Balaban J connectivity index is 1.31. The summed E-state index contributed by atoms with van der Waals surface area (Å²) < 4.78 is 0. The molecular weight excluding hydrogens is 426 g/mol. The molecule has 0 radical (unpaired) electrons. The van der Waals surface area contributed by atoms with Gasteiger partial charge in [-0.15, -0.1) is 0 Å². The maximum absolute atomic E-state index is 12.7. The van der Waals surface area contributed by atoms with Crippen molar-refractivity contribution in [1.82, 2.24) is 25.2 Å². The number of halogens is 1.